The Morgan fingerprint density at radius 1 is 1.35 bits per heavy atom. The van der Waals surface area contributed by atoms with E-state index in [0.29, 0.717) is 12.5 Å². The standard InChI is InChI=1S/C13H21N3O/c1-5-8-9-17-13-10(4)12(14-7-3)15-11(6-2)16-13/h5H,1,6-9H2,2-4H3,(H,14,15,16). The summed E-state index contributed by atoms with van der Waals surface area (Å²) in [6.07, 6.45) is 3.46. The van der Waals surface area contributed by atoms with Gasteiger partial charge in [-0.05, 0) is 20.3 Å². The van der Waals surface area contributed by atoms with Crippen molar-refractivity contribution in [2.75, 3.05) is 18.5 Å². The van der Waals surface area contributed by atoms with Crippen molar-refractivity contribution in [2.24, 2.45) is 0 Å². The predicted octanol–water partition coefficient (Wildman–Crippen LogP) is 2.73. The second kappa shape index (κ2) is 6.89. The third-order valence-corrected chi connectivity index (χ3v) is 2.37. The van der Waals surface area contributed by atoms with Crippen LogP contribution in [0, 0.1) is 6.92 Å². The maximum Gasteiger partial charge on any atom is 0.221 e. The molecule has 94 valence electrons. The molecule has 0 saturated heterocycles. The third-order valence-electron chi connectivity index (χ3n) is 2.37. The number of hydrogen-bond acceptors (Lipinski definition) is 4. The van der Waals surface area contributed by atoms with Gasteiger partial charge in [-0.3, -0.25) is 0 Å². The molecular formula is C13H21N3O. The summed E-state index contributed by atoms with van der Waals surface area (Å²) in [5.74, 6) is 2.35. The lowest BCUT2D eigenvalue weighted by molar-refractivity contribution is 0.308. The normalized spacial score (nSPS) is 10.1. The van der Waals surface area contributed by atoms with Crippen LogP contribution in [0.15, 0.2) is 12.7 Å². The predicted molar refractivity (Wildman–Crippen MR) is 70.6 cm³/mol. The molecule has 0 saturated carbocycles. The van der Waals surface area contributed by atoms with E-state index in [4.69, 9.17) is 4.74 Å². The van der Waals surface area contributed by atoms with E-state index in [0.717, 1.165) is 36.6 Å². The molecule has 1 aromatic rings. The Balaban J connectivity index is 2.92. The van der Waals surface area contributed by atoms with E-state index in [-0.39, 0.29) is 0 Å². The molecule has 4 heteroatoms. The second-order valence-electron chi connectivity index (χ2n) is 3.73. The van der Waals surface area contributed by atoms with Crippen LogP contribution < -0.4 is 10.1 Å². The molecule has 17 heavy (non-hydrogen) atoms. The molecule has 0 bridgehead atoms. The highest BCUT2D eigenvalue weighted by atomic mass is 16.5. The fraction of sp³-hybridized carbons (Fsp3) is 0.538. The minimum Gasteiger partial charge on any atom is -0.477 e. The molecule has 1 aromatic heterocycles. The Hall–Kier alpha value is -1.58. The van der Waals surface area contributed by atoms with E-state index >= 15 is 0 Å². The van der Waals surface area contributed by atoms with Gasteiger partial charge in [0, 0.05) is 13.0 Å². The second-order valence-corrected chi connectivity index (χ2v) is 3.73. The molecule has 1 rings (SSSR count). The van der Waals surface area contributed by atoms with Crippen LogP contribution in [0.4, 0.5) is 5.82 Å². The molecular weight excluding hydrogens is 214 g/mol. The maximum absolute atomic E-state index is 5.64. The highest BCUT2D eigenvalue weighted by molar-refractivity contribution is 5.48. The van der Waals surface area contributed by atoms with Crippen LogP contribution in [0.1, 0.15) is 31.7 Å². The van der Waals surface area contributed by atoms with Gasteiger partial charge < -0.3 is 10.1 Å². The van der Waals surface area contributed by atoms with Crippen molar-refractivity contribution in [3.8, 4) is 5.88 Å². The van der Waals surface area contributed by atoms with Gasteiger partial charge in [-0.1, -0.05) is 13.0 Å². The minimum atomic E-state index is 0.607. The van der Waals surface area contributed by atoms with Crippen LogP contribution in [0.25, 0.3) is 0 Å². The zero-order valence-corrected chi connectivity index (χ0v) is 10.9. The van der Waals surface area contributed by atoms with Crippen molar-refractivity contribution >= 4 is 5.82 Å². The Labute approximate surface area is 103 Å². The van der Waals surface area contributed by atoms with E-state index in [2.05, 4.69) is 21.9 Å². The highest BCUT2D eigenvalue weighted by Crippen LogP contribution is 2.22. The smallest absolute Gasteiger partial charge is 0.221 e. The average Bonchev–Trinajstić information content (AvgIpc) is 2.34. The van der Waals surface area contributed by atoms with E-state index in [9.17, 15) is 0 Å². The molecule has 0 aliphatic rings. The quantitative estimate of drug-likeness (QED) is 0.583. The lowest BCUT2D eigenvalue weighted by Crippen LogP contribution is -2.09. The Morgan fingerprint density at radius 2 is 2.12 bits per heavy atom. The van der Waals surface area contributed by atoms with Crippen LogP contribution >= 0.6 is 0 Å². The fourth-order valence-electron chi connectivity index (χ4n) is 1.42. The van der Waals surface area contributed by atoms with Crippen molar-refractivity contribution in [1.29, 1.82) is 0 Å². The molecule has 0 spiro atoms. The van der Waals surface area contributed by atoms with Crippen LogP contribution in [0.2, 0.25) is 0 Å². The summed E-state index contributed by atoms with van der Waals surface area (Å²) in [6, 6.07) is 0. The first-order valence-electron chi connectivity index (χ1n) is 6.08. The summed E-state index contributed by atoms with van der Waals surface area (Å²) >= 11 is 0. The SMILES string of the molecule is C=CCCOc1nc(CC)nc(NCC)c1C. The van der Waals surface area contributed by atoms with Gasteiger partial charge in [0.2, 0.25) is 5.88 Å². The third kappa shape index (κ3) is 3.73. The summed E-state index contributed by atoms with van der Waals surface area (Å²) in [6.45, 7) is 11.2. The van der Waals surface area contributed by atoms with Gasteiger partial charge in [0.25, 0.3) is 0 Å². The van der Waals surface area contributed by atoms with Gasteiger partial charge in [0.05, 0.1) is 12.2 Å². The number of anilines is 1. The average molecular weight is 235 g/mol. The summed E-state index contributed by atoms with van der Waals surface area (Å²) in [5, 5.41) is 3.23. The monoisotopic (exact) mass is 235 g/mol. The molecule has 1 N–H and O–H groups in total. The number of hydrogen-bond donors (Lipinski definition) is 1. The van der Waals surface area contributed by atoms with Gasteiger partial charge in [0.1, 0.15) is 11.6 Å². The van der Waals surface area contributed by atoms with Crippen LogP contribution in [0.3, 0.4) is 0 Å². The molecule has 0 aliphatic heterocycles. The number of ether oxygens (including phenoxy) is 1. The lowest BCUT2D eigenvalue weighted by atomic mass is 10.3. The Kier molecular flexibility index (Phi) is 5.46. The minimum absolute atomic E-state index is 0.607. The molecule has 0 fully saturated rings. The Bertz CT molecular complexity index is 377. The number of nitrogens with one attached hydrogen (secondary N) is 1. The van der Waals surface area contributed by atoms with Gasteiger partial charge in [-0.25, -0.2) is 4.98 Å². The summed E-state index contributed by atoms with van der Waals surface area (Å²) in [4.78, 5) is 8.84. The van der Waals surface area contributed by atoms with Crippen LogP contribution in [0.5, 0.6) is 5.88 Å². The highest BCUT2D eigenvalue weighted by Gasteiger charge is 2.10. The largest absolute Gasteiger partial charge is 0.477 e. The fourth-order valence-corrected chi connectivity index (χ4v) is 1.42. The number of aromatic nitrogens is 2. The van der Waals surface area contributed by atoms with Crippen molar-refractivity contribution in [3.05, 3.63) is 24.0 Å². The van der Waals surface area contributed by atoms with E-state index in [1.165, 1.54) is 0 Å². The van der Waals surface area contributed by atoms with Gasteiger partial charge in [-0.15, -0.1) is 6.58 Å². The maximum atomic E-state index is 5.64. The molecule has 0 aliphatic carbocycles. The lowest BCUT2D eigenvalue weighted by Gasteiger charge is -2.13. The van der Waals surface area contributed by atoms with Crippen LogP contribution in [-0.4, -0.2) is 23.1 Å². The first-order valence-corrected chi connectivity index (χ1v) is 6.08. The van der Waals surface area contributed by atoms with Gasteiger partial charge in [-0.2, -0.15) is 4.98 Å². The number of rotatable bonds is 7. The molecule has 1 heterocycles. The molecule has 0 amide bonds. The first kappa shape index (κ1) is 13.5. The van der Waals surface area contributed by atoms with Crippen LogP contribution in [-0.2, 0) is 6.42 Å². The molecule has 0 aromatic carbocycles. The topological polar surface area (TPSA) is 47.0 Å². The van der Waals surface area contributed by atoms with E-state index < -0.39 is 0 Å². The molecule has 0 atom stereocenters. The molecule has 0 unspecified atom stereocenters. The molecule has 4 nitrogen and oxygen atoms in total. The van der Waals surface area contributed by atoms with Crippen molar-refractivity contribution < 1.29 is 4.74 Å². The number of aryl methyl sites for hydroxylation is 1. The summed E-state index contributed by atoms with van der Waals surface area (Å²) in [5.41, 5.74) is 0.966. The van der Waals surface area contributed by atoms with Crippen molar-refractivity contribution in [1.82, 2.24) is 9.97 Å². The summed E-state index contributed by atoms with van der Waals surface area (Å²) < 4.78 is 5.64. The van der Waals surface area contributed by atoms with Crippen molar-refractivity contribution in [2.45, 2.75) is 33.6 Å². The van der Waals surface area contributed by atoms with Crippen molar-refractivity contribution in [3.63, 3.8) is 0 Å². The summed E-state index contributed by atoms with van der Waals surface area (Å²) in [7, 11) is 0. The van der Waals surface area contributed by atoms with E-state index in [1.807, 2.05) is 26.8 Å². The zero-order chi connectivity index (χ0) is 12.7. The Morgan fingerprint density at radius 3 is 2.71 bits per heavy atom. The first-order chi connectivity index (χ1) is 8.22. The molecule has 0 radical (unpaired) electrons. The van der Waals surface area contributed by atoms with Gasteiger partial charge >= 0.3 is 0 Å². The number of nitrogens with zero attached hydrogens (tertiary/aromatic N) is 2. The zero-order valence-electron chi connectivity index (χ0n) is 10.9. The van der Waals surface area contributed by atoms with E-state index in [1.54, 1.807) is 0 Å². The van der Waals surface area contributed by atoms with Gasteiger partial charge in [0.15, 0.2) is 0 Å².